The fourth-order valence-corrected chi connectivity index (χ4v) is 0.122. The highest BCUT2D eigenvalue weighted by Gasteiger charge is 1.94. The SMILES string of the molecule is CC(C)N(C)C=O.O=S(=O)(O)O. The Morgan fingerprint density at radius 1 is 1.33 bits per heavy atom. The van der Waals surface area contributed by atoms with Gasteiger partial charge in [-0.1, -0.05) is 0 Å². The van der Waals surface area contributed by atoms with E-state index < -0.39 is 10.4 Å². The molecule has 2 N–H and O–H groups in total. The lowest BCUT2D eigenvalue weighted by molar-refractivity contribution is -0.118. The first-order valence-electron chi connectivity index (χ1n) is 3.05. The van der Waals surface area contributed by atoms with Crippen molar-refractivity contribution in [1.82, 2.24) is 4.90 Å². The van der Waals surface area contributed by atoms with Gasteiger partial charge in [0.25, 0.3) is 0 Å². The maximum absolute atomic E-state index is 9.87. The third kappa shape index (κ3) is 22.8. The third-order valence-electron chi connectivity index (χ3n) is 0.981. The van der Waals surface area contributed by atoms with E-state index in [1.54, 1.807) is 11.9 Å². The summed E-state index contributed by atoms with van der Waals surface area (Å²) < 4.78 is 31.6. The lowest BCUT2D eigenvalue weighted by Crippen LogP contribution is -2.23. The van der Waals surface area contributed by atoms with Gasteiger partial charge in [-0.3, -0.25) is 13.9 Å². The van der Waals surface area contributed by atoms with Gasteiger partial charge >= 0.3 is 10.4 Å². The third-order valence-corrected chi connectivity index (χ3v) is 0.981. The number of nitrogens with zero attached hydrogens (tertiary/aromatic N) is 1. The zero-order valence-corrected chi connectivity index (χ0v) is 7.95. The number of carbonyl (C=O) groups is 1. The summed E-state index contributed by atoms with van der Waals surface area (Å²) in [6.45, 7) is 3.93. The second kappa shape index (κ2) is 5.92. The molecule has 0 rings (SSSR count). The van der Waals surface area contributed by atoms with E-state index in [2.05, 4.69) is 0 Å². The zero-order chi connectivity index (χ0) is 10.4. The lowest BCUT2D eigenvalue weighted by Gasteiger charge is -2.13. The van der Waals surface area contributed by atoms with Crippen LogP contribution in [-0.2, 0) is 15.2 Å². The van der Waals surface area contributed by atoms with Crippen molar-refractivity contribution in [3.63, 3.8) is 0 Å². The summed E-state index contributed by atoms with van der Waals surface area (Å²) in [7, 11) is -2.91. The molecule has 0 fully saturated rings. The lowest BCUT2D eigenvalue weighted by atomic mass is 10.4. The molecular weight excluding hydrogens is 186 g/mol. The topological polar surface area (TPSA) is 94.9 Å². The van der Waals surface area contributed by atoms with E-state index in [0.29, 0.717) is 6.04 Å². The summed E-state index contributed by atoms with van der Waals surface area (Å²) in [5.74, 6) is 0. The minimum absolute atomic E-state index is 0.331. The highest BCUT2D eigenvalue weighted by molar-refractivity contribution is 7.79. The highest BCUT2D eigenvalue weighted by atomic mass is 32.3. The Hall–Kier alpha value is -0.660. The van der Waals surface area contributed by atoms with Crippen molar-refractivity contribution in [2.45, 2.75) is 19.9 Å². The van der Waals surface area contributed by atoms with E-state index in [4.69, 9.17) is 17.5 Å². The molecular formula is C5H13NO5S. The standard InChI is InChI=1S/C5H11NO.H2O4S/c1-5(2)6(3)4-7;1-5(2,3)4/h4-5H,1-3H3;(H2,1,2,3,4). The van der Waals surface area contributed by atoms with Crippen molar-refractivity contribution in [1.29, 1.82) is 0 Å². The molecule has 0 aromatic carbocycles. The highest BCUT2D eigenvalue weighted by Crippen LogP contribution is 1.85. The molecule has 0 atom stereocenters. The molecule has 0 aliphatic heterocycles. The van der Waals surface area contributed by atoms with Gasteiger partial charge in [0.2, 0.25) is 6.41 Å². The minimum Gasteiger partial charge on any atom is -0.346 e. The smallest absolute Gasteiger partial charge is 0.346 e. The molecule has 0 aromatic heterocycles. The van der Waals surface area contributed by atoms with Crippen LogP contribution in [-0.4, -0.2) is 41.9 Å². The quantitative estimate of drug-likeness (QED) is 0.475. The maximum atomic E-state index is 9.87. The minimum atomic E-state index is -4.67. The Morgan fingerprint density at radius 3 is 1.58 bits per heavy atom. The molecule has 0 aromatic rings. The van der Waals surface area contributed by atoms with Gasteiger partial charge in [-0.05, 0) is 13.8 Å². The predicted molar refractivity (Wildman–Crippen MR) is 43.1 cm³/mol. The molecule has 0 spiro atoms. The normalized spacial score (nSPS) is 10.2. The Bertz CT molecular complexity index is 202. The molecule has 12 heavy (non-hydrogen) atoms. The molecule has 1 amide bonds. The molecule has 7 heteroatoms. The van der Waals surface area contributed by atoms with E-state index in [1.165, 1.54) is 0 Å². The molecule has 0 heterocycles. The van der Waals surface area contributed by atoms with E-state index in [9.17, 15) is 4.79 Å². The average molecular weight is 199 g/mol. The molecule has 0 bridgehead atoms. The van der Waals surface area contributed by atoms with Crippen molar-refractivity contribution in [3.05, 3.63) is 0 Å². The van der Waals surface area contributed by atoms with Gasteiger partial charge in [-0.15, -0.1) is 0 Å². The molecule has 0 unspecified atom stereocenters. The largest absolute Gasteiger partial charge is 0.394 e. The monoisotopic (exact) mass is 199 g/mol. The summed E-state index contributed by atoms with van der Waals surface area (Å²) in [5.41, 5.74) is 0. The second-order valence-electron chi connectivity index (χ2n) is 2.31. The summed E-state index contributed by atoms with van der Waals surface area (Å²) in [6, 6.07) is 0.331. The molecule has 6 nitrogen and oxygen atoms in total. The first kappa shape index (κ1) is 13.9. The zero-order valence-electron chi connectivity index (χ0n) is 7.13. The van der Waals surface area contributed by atoms with Gasteiger partial charge < -0.3 is 4.90 Å². The number of hydrogen-bond donors (Lipinski definition) is 2. The van der Waals surface area contributed by atoms with E-state index in [-0.39, 0.29) is 0 Å². The van der Waals surface area contributed by atoms with Gasteiger partial charge in [0.1, 0.15) is 0 Å². The van der Waals surface area contributed by atoms with Crippen LogP contribution in [0.15, 0.2) is 0 Å². The molecule has 0 radical (unpaired) electrons. The van der Waals surface area contributed by atoms with Crippen LogP contribution in [0.25, 0.3) is 0 Å². The van der Waals surface area contributed by atoms with Gasteiger partial charge in [0.05, 0.1) is 0 Å². The number of amides is 1. The summed E-state index contributed by atoms with van der Waals surface area (Å²) in [4.78, 5) is 11.5. The average Bonchev–Trinajstić information content (AvgIpc) is 1.82. The van der Waals surface area contributed by atoms with Crippen LogP contribution in [0.5, 0.6) is 0 Å². The van der Waals surface area contributed by atoms with Gasteiger partial charge in [-0.2, -0.15) is 8.42 Å². The fourth-order valence-electron chi connectivity index (χ4n) is 0.122. The Kier molecular flexibility index (Phi) is 6.86. The van der Waals surface area contributed by atoms with Crippen molar-refractivity contribution in [3.8, 4) is 0 Å². The molecule has 0 saturated heterocycles. The molecule has 0 aliphatic rings. The molecule has 0 saturated carbocycles. The number of hydrogen-bond acceptors (Lipinski definition) is 3. The van der Waals surface area contributed by atoms with Crippen molar-refractivity contribution in [2.24, 2.45) is 0 Å². The Balaban J connectivity index is 0. The van der Waals surface area contributed by atoms with Crippen LogP contribution >= 0.6 is 0 Å². The number of carbonyl (C=O) groups excluding carboxylic acids is 1. The van der Waals surface area contributed by atoms with Crippen molar-refractivity contribution < 1.29 is 22.3 Å². The van der Waals surface area contributed by atoms with Crippen LogP contribution in [0.1, 0.15) is 13.8 Å². The Morgan fingerprint density at radius 2 is 1.58 bits per heavy atom. The molecule has 0 aliphatic carbocycles. The Labute approximate surface area is 71.8 Å². The van der Waals surface area contributed by atoms with Crippen molar-refractivity contribution >= 4 is 16.8 Å². The van der Waals surface area contributed by atoms with Gasteiger partial charge in [0, 0.05) is 13.1 Å². The van der Waals surface area contributed by atoms with Crippen molar-refractivity contribution in [2.75, 3.05) is 7.05 Å². The summed E-state index contributed by atoms with van der Waals surface area (Å²) in [6.07, 6.45) is 0.824. The molecule has 74 valence electrons. The van der Waals surface area contributed by atoms with E-state index in [0.717, 1.165) is 6.41 Å². The van der Waals surface area contributed by atoms with Crippen LogP contribution in [0.3, 0.4) is 0 Å². The van der Waals surface area contributed by atoms with Crippen LogP contribution in [0, 0.1) is 0 Å². The van der Waals surface area contributed by atoms with Crippen LogP contribution in [0.2, 0.25) is 0 Å². The first-order valence-corrected chi connectivity index (χ1v) is 4.45. The number of rotatable bonds is 2. The van der Waals surface area contributed by atoms with E-state index in [1.807, 2.05) is 13.8 Å². The fraction of sp³-hybridized carbons (Fsp3) is 0.800. The predicted octanol–water partition coefficient (Wildman–Crippen LogP) is -0.170. The van der Waals surface area contributed by atoms with Crippen LogP contribution < -0.4 is 0 Å². The summed E-state index contributed by atoms with van der Waals surface area (Å²) >= 11 is 0. The first-order chi connectivity index (χ1) is 5.18. The second-order valence-corrected chi connectivity index (χ2v) is 3.21. The maximum Gasteiger partial charge on any atom is 0.394 e. The van der Waals surface area contributed by atoms with Gasteiger partial charge in [0.15, 0.2) is 0 Å². The van der Waals surface area contributed by atoms with Crippen LogP contribution in [0.4, 0.5) is 0 Å². The van der Waals surface area contributed by atoms with Gasteiger partial charge in [-0.25, -0.2) is 0 Å². The van der Waals surface area contributed by atoms with E-state index >= 15 is 0 Å². The summed E-state index contributed by atoms with van der Waals surface area (Å²) in [5, 5.41) is 0.